The predicted molar refractivity (Wildman–Crippen MR) is 154 cm³/mol. The summed E-state index contributed by atoms with van der Waals surface area (Å²) in [7, 11) is 0. The molecule has 0 aliphatic carbocycles. The number of nitrogens with one attached hydrogen (secondary N) is 2. The maximum Gasteiger partial charge on any atom is 0.322 e. The molecule has 0 bridgehead atoms. The van der Waals surface area contributed by atoms with E-state index in [1.54, 1.807) is 4.68 Å². The van der Waals surface area contributed by atoms with Crippen LogP contribution < -0.4 is 22.1 Å². The topological polar surface area (TPSA) is 233 Å². The third kappa shape index (κ3) is 9.69. The molecular formula is C25H32IN9O6. The van der Waals surface area contributed by atoms with Crippen LogP contribution in [0.3, 0.4) is 0 Å². The fourth-order valence-corrected chi connectivity index (χ4v) is 4.52. The van der Waals surface area contributed by atoms with Gasteiger partial charge in [0.05, 0.1) is 23.5 Å². The Labute approximate surface area is 248 Å². The van der Waals surface area contributed by atoms with Crippen LogP contribution in [0.5, 0.6) is 0 Å². The van der Waals surface area contributed by atoms with Crippen molar-refractivity contribution in [3.8, 4) is 0 Å². The van der Waals surface area contributed by atoms with E-state index in [0.29, 0.717) is 41.0 Å². The van der Waals surface area contributed by atoms with E-state index in [0.717, 1.165) is 5.56 Å². The molecule has 0 fully saturated rings. The first-order valence-corrected chi connectivity index (χ1v) is 13.8. The molecule has 1 amide bonds. The lowest BCUT2D eigenvalue weighted by Crippen LogP contribution is -2.46. The maximum absolute atomic E-state index is 12.9. The van der Waals surface area contributed by atoms with Crippen LogP contribution in [0.1, 0.15) is 34.6 Å². The van der Waals surface area contributed by atoms with Crippen LogP contribution in [0, 0.1) is 3.70 Å². The Bertz CT molecular complexity index is 1350. The number of nitrogens with zero attached hydrogens (tertiary/aromatic N) is 5. The van der Waals surface area contributed by atoms with Crippen molar-refractivity contribution in [3.05, 3.63) is 63.5 Å². The minimum atomic E-state index is -1.16. The number of hydrogen-bond donors (Lipinski definition) is 6. The van der Waals surface area contributed by atoms with Crippen LogP contribution in [0.15, 0.2) is 42.9 Å². The molecule has 220 valence electrons. The van der Waals surface area contributed by atoms with E-state index in [2.05, 4.69) is 25.9 Å². The highest BCUT2D eigenvalue weighted by atomic mass is 127. The lowest BCUT2D eigenvalue weighted by Gasteiger charge is -2.17. The zero-order chi connectivity index (χ0) is 29.9. The van der Waals surface area contributed by atoms with Crippen LogP contribution >= 0.6 is 22.6 Å². The number of aromatic nitrogens is 5. The molecule has 2 heterocycles. The number of carboxylic acid groups (broad SMARTS) is 2. The van der Waals surface area contributed by atoms with Gasteiger partial charge in [0.2, 0.25) is 11.8 Å². The minimum Gasteiger partial charge on any atom is -0.480 e. The number of aryl methyl sites for hydroxylation is 1. The van der Waals surface area contributed by atoms with Crippen molar-refractivity contribution in [2.24, 2.45) is 11.5 Å². The van der Waals surface area contributed by atoms with Gasteiger partial charge in [-0.3, -0.25) is 23.7 Å². The SMILES string of the molecule is NC(Cc1nnn(CCCC(N)C(=O)n2cnc(C[C@H](NCc3ccccc3)C(=O)NCC(=O)O)c2)c1I)C(=O)O. The molecule has 0 radical (unpaired) electrons. The molecule has 2 aromatic heterocycles. The fourth-order valence-electron chi connectivity index (χ4n) is 3.86. The third-order valence-corrected chi connectivity index (χ3v) is 7.28. The zero-order valence-corrected chi connectivity index (χ0v) is 24.2. The molecule has 15 nitrogen and oxygen atoms in total. The summed E-state index contributed by atoms with van der Waals surface area (Å²) < 4.78 is 3.55. The first-order chi connectivity index (χ1) is 19.5. The molecule has 1 aromatic carbocycles. The molecule has 0 aliphatic rings. The van der Waals surface area contributed by atoms with Crippen molar-refractivity contribution < 1.29 is 29.4 Å². The number of imidazole rings is 1. The highest BCUT2D eigenvalue weighted by Crippen LogP contribution is 2.13. The van der Waals surface area contributed by atoms with Gasteiger partial charge in [-0.25, -0.2) is 9.67 Å². The molecule has 0 saturated heterocycles. The Morgan fingerprint density at radius 2 is 1.78 bits per heavy atom. The average Bonchev–Trinajstić information content (AvgIpc) is 3.56. The van der Waals surface area contributed by atoms with Gasteiger partial charge in [0, 0.05) is 32.1 Å². The van der Waals surface area contributed by atoms with E-state index in [4.69, 9.17) is 21.7 Å². The van der Waals surface area contributed by atoms with Crippen LogP contribution in [0.4, 0.5) is 0 Å². The molecule has 3 rings (SSSR count). The Morgan fingerprint density at radius 3 is 2.46 bits per heavy atom. The number of nitrogens with two attached hydrogens (primary N) is 2. The molecule has 0 saturated carbocycles. The first-order valence-electron chi connectivity index (χ1n) is 12.7. The molecular weight excluding hydrogens is 649 g/mol. The van der Waals surface area contributed by atoms with Crippen molar-refractivity contribution >= 4 is 46.3 Å². The summed E-state index contributed by atoms with van der Waals surface area (Å²) >= 11 is 2.02. The summed E-state index contributed by atoms with van der Waals surface area (Å²) in [6.07, 6.45) is 3.85. The molecule has 0 spiro atoms. The van der Waals surface area contributed by atoms with E-state index in [-0.39, 0.29) is 18.7 Å². The van der Waals surface area contributed by atoms with Crippen molar-refractivity contribution in [1.82, 2.24) is 35.2 Å². The summed E-state index contributed by atoms with van der Waals surface area (Å²) in [4.78, 5) is 51.7. The molecule has 41 heavy (non-hydrogen) atoms. The Balaban J connectivity index is 1.55. The summed E-state index contributed by atoms with van der Waals surface area (Å²) in [6.45, 7) is 0.272. The molecule has 3 aromatic rings. The van der Waals surface area contributed by atoms with Crippen molar-refractivity contribution in [3.63, 3.8) is 0 Å². The maximum atomic E-state index is 12.9. The van der Waals surface area contributed by atoms with E-state index in [9.17, 15) is 19.2 Å². The predicted octanol–water partition coefficient (Wildman–Crippen LogP) is -0.617. The lowest BCUT2D eigenvalue weighted by atomic mass is 10.1. The number of hydrogen-bond acceptors (Lipinski definition) is 10. The van der Waals surface area contributed by atoms with Crippen LogP contribution in [0.2, 0.25) is 0 Å². The van der Waals surface area contributed by atoms with Crippen LogP contribution in [-0.2, 0) is 40.3 Å². The Morgan fingerprint density at radius 1 is 1.05 bits per heavy atom. The summed E-state index contributed by atoms with van der Waals surface area (Å²) in [5.74, 6) is -3.17. The molecule has 8 N–H and O–H groups in total. The lowest BCUT2D eigenvalue weighted by molar-refractivity contribution is -0.139. The van der Waals surface area contributed by atoms with E-state index >= 15 is 0 Å². The van der Waals surface area contributed by atoms with Crippen molar-refractivity contribution in [1.29, 1.82) is 0 Å². The standard InChI is InChI=1S/C25H32IN9O6/c26-22-19(10-18(28)25(40)41)32-33-35(22)8-4-7-17(27)24(39)34-13-16(31-14-34)9-20(23(38)30-12-21(36)37)29-11-15-5-2-1-3-6-15/h1-3,5-6,13-14,17-18,20,29H,4,7-12,27-28H2,(H,30,38)(H,36,37)(H,40,41)/t17?,18?,20-/m0/s1. The fraction of sp³-hybridized carbons (Fsp3) is 0.400. The van der Waals surface area contributed by atoms with Gasteiger partial charge in [0.1, 0.15) is 22.6 Å². The van der Waals surface area contributed by atoms with E-state index in [1.807, 2.05) is 52.9 Å². The monoisotopic (exact) mass is 681 g/mol. The second kappa shape index (κ2) is 15.3. The zero-order valence-electron chi connectivity index (χ0n) is 22.0. The number of halogens is 1. The molecule has 16 heteroatoms. The van der Waals surface area contributed by atoms with Crippen molar-refractivity contribution in [2.45, 2.75) is 56.9 Å². The van der Waals surface area contributed by atoms with Crippen LogP contribution in [-0.4, -0.2) is 83.2 Å². The highest BCUT2D eigenvalue weighted by molar-refractivity contribution is 14.1. The van der Waals surface area contributed by atoms with Gasteiger partial charge in [0.15, 0.2) is 0 Å². The van der Waals surface area contributed by atoms with Gasteiger partial charge in [-0.05, 0) is 41.0 Å². The molecule has 3 atom stereocenters. The number of benzene rings is 1. The van der Waals surface area contributed by atoms with E-state index in [1.165, 1.54) is 17.1 Å². The van der Waals surface area contributed by atoms with Gasteiger partial charge < -0.3 is 32.3 Å². The number of amides is 1. The Hall–Kier alpha value is -3.74. The normalized spacial score (nSPS) is 13.3. The minimum absolute atomic E-state index is 0.0540. The Kier molecular flexibility index (Phi) is 11.9. The summed E-state index contributed by atoms with van der Waals surface area (Å²) in [6, 6.07) is 6.71. The van der Waals surface area contributed by atoms with Gasteiger partial charge in [-0.1, -0.05) is 35.5 Å². The molecule has 2 unspecified atom stereocenters. The second-order valence-corrected chi connectivity index (χ2v) is 10.3. The second-order valence-electron chi connectivity index (χ2n) is 9.29. The number of carboxylic acids is 2. The molecule has 0 aliphatic heterocycles. The largest absolute Gasteiger partial charge is 0.480 e. The van der Waals surface area contributed by atoms with Crippen LogP contribution in [0.25, 0.3) is 0 Å². The van der Waals surface area contributed by atoms with Crippen molar-refractivity contribution in [2.75, 3.05) is 6.54 Å². The van der Waals surface area contributed by atoms with Gasteiger partial charge in [-0.15, -0.1) is 5.10 Å². The average molecular weight is 681 g/mol. The highest BCUT2D eigenvalue weighted by Gasteiger charge is 2.23. The number of rotatable bonds is 16. The van der Waals surface area contributed by atoms with Gasteiger partial charge in [-0.2, -0.15) is 0 Å². The van der Waals surface area contributed by atoms with Gasteiger partial charge in [0.25, 0.3) is 0 Å². The number of aliphatic carboxylic acids is 2. The quantitative estimate of drug-likeness (QED) is 0.104. The number of carbonyl (C=O) groups excluding carboxylic acids is 2. The third-order valence-electron chi connectivity index (χ3n) is 6.10. The summed E-state index contributed by atoms with van der Waals surface area (Å²) in [5, 5.41) is 31.4. The van der Waals surface area contributed by atoms with E-state index < -0.39 is 42.5 Å². The number of carbonyl (C=O) groups is 4. The summed E-state index contributed by atoms with van der Waals surface area (Å²) in [5.41, 5.74) is 13.6. The smallest absolute Gasteiger partial charge is 0.322 e. The first kappa shape index (κ1) is 31.8. The van der Waals surface area contributed by atoms with Gasteiger partial charge >= 0.3 is 11.9 Å².